The molecule has 0 atom stereocenters. The van der Waals surface area contributed by atoms with Crippen LogP contribution in [0.2, 0.25) is 10.0 Å². The number of nitrogens with zero attached hydrogens (tertiary/aromatic N) is 3. The maximum atomic E-state index is 11.2. The highest BCUT2D eigenvalue weighted by molar-refractivity contribution is 6.39. The quantitative estimate of drug-likeness (QED) is 0.224. The average Bonchev–Trinajstić information content (AvgIpc) is 3.53. The van der Waals surface area contributed by atoms with Crippen LogP contribution in [0, 0.1) is 5.41 Å². The Bertz CT molecular complexity index is 1540. The predicted octanol–water partition coefficient (Wildman–Crippen LogP) is 8.50. The van der Waals surface area contributed by atoms with Gasteiger partial charge in [-0.05, 0) is 93.9 Å². The van der Waals surface area contributed by atoms with Crippen LogP contribution >= 0.6 is 23.2 Å². The van der Waals surface area contributed by atoms with Gasteiger partial charge in [0.25, 0.3) is 0 Å². The fourth-order valence-electron chi connectivity index (χ4n) is 6.82. The first kappa shape index (κ1) is 25.8. The molecule has 4 aliphatic carbocycles. The lowest BCUT2D eigenvalue weighted by molar-refractivity contribution is 0.0168. The molecule has 4 fully saturated rings. The molecular formula is C31H29Cl2N3O4. The van der Waals surface area contributed by atoms with Crippen molar-refractivity contribution in [1.29, 1.82) is 0 Å². The van der Waals surface area contributed by atoms with Crippen molar-refractivity contribution in [3.05, 3.63) is 75.3 Å². The third-order valence-corrected chi connectivity index (χ3v) is 10.2. The van der Waals surface area contributed by atoms with Gasteiger partial charge in [0, 0.05) is 28.0 Å². The van der Waals surface area contributed by atoms with E-state index in [0.717, 1.165) is 86.8 Å². The number of carbonyl (C=O) groups is 1. The van der Waals surface area contributed by atoms with Crippen LogP contribution in [-0.4, -0.2) is 26.4 Å². The largest absolute Gasteiger partial charge is 0.478 e. The van der Waals surface area contributed by atoms with Crippen LogP contribution in [0.15, 0.2) is 51.5 Å². The molecule has 4 aliphatic rings. The summed E-state index contributed by atoms with van der Waals surface area (Å²) in [5, 5.41) is 19.1. The van der Waals surface area contributed by atoms with Crippen LogP contribution in [0.1, 0.15) is 91.3 Å². The minimum absolute atomic E-state index is 0.0827. The van der Waals surface area contributed by atoms with Gasteiger partial charge in [0.1, 0.15) is 11.5 Å². The molecule has 0 radical (unpaired) electrons. The number of rotatable bonds is 8. The molecule has 8 rings (SSSR count). The second-order valence-corrected chi connectivity index (χ2v) is 12.6. The maximum Gasteiger partial charge on any atom is 0.335 e. The van der Waals surface area contributed by atoms with E-state index in [2.05, 4.69) is 10.3 Å². The van der Waals surface area contributed by atoms with Gasteiger partial charge in [-0.3, -0.25) is 0 Å². The highest BCUT2D eigenvalue weighted by Gasteiger charge is 2.52. The van der Waals surface area contributed by atoms with E-state index in [1.807, 2.05) is 18.2 Å². The molecule has 206 valence electrons. The molecule has 2 aromatic heterocycles. The summed E-state index contributed by atoms with van der Waals surface area (Å²) < 4.78 is 11.7. The number of benzene rings is 2. The zero-order chi connectivity index (χ0) is 27.5. The van der Waals surface area contributed by atoms with Crippen molar-refractivity contribution in [1.82, 2.24) is 15.3 Å². The van der Waals surface area contributed by atoms with Gasteiger partial charge in [-0.25, -0.2) is 4.79 Å². The normalized spacial score (nSPS) is 23.9. The lowest BCUT2D eigenvalue weighted by atomic mass is 9.52. The number of fused-ring (bicyclic) bond motifs is 3. The Morgan fingerprint density at radius 2 is 1.60 bits per heavy atom. The van der Waals surface area contributed by atoms with Crippen LogP contribution in [0.25, 0.3) is 22.6 Å². The number of aromatic nitrogens is 3. The summed E-state index contributed by atoms with van der Waals surface area (Å²) in [5.74, 6) is 1.73. The highest BCUT2D eigenvalue weighted by atomic mass is 35.5. The number of carboxylic acids is 1. The van der Waals surface area contributed by atoms with E-state index in [1.54, 1.807) is 24.3 Å². The molecule has 4 saturated carbocycles. The number of hydrogen-bond acceptors (Lipinski definition) is 6. The number of halogens is 2. The molecule has 0 spiro atoms. The lowest BCUT2D eigenvalue weighted by Crippen LogP contribution is -2.44. The first-order valence-electron chi connectivity index (χ1n) is 14.0. The Morgan fingerprint density at radius 1 is 0.925 bits per heavy atom. The lowest BCUT2D eigenvalue weighted by Gasteiger charge is -2.52. The average molecular weight is 578 g/mol. The van der Waals surface area contributed by atoms with Gasteiger partial charge in [-0.15, -0.1) is 0 Å². The first-order chi connectivity index (χ1) is 19.4. The Morgan fingerprint density at radius 3 is 2.23 bits per heavy atom. The van der Waals surface area contributed by atoms with E-state index < -0.39 is 5.97 Å². The van der Waals surface area contributed by atoms with Crippen LogP contribution in [-0.2, 0) is 11.8 Å². The Balaban J connectivity index is 1.08. The summed E-state index contributed by atoms with van der Waals surface area (Å²) in [6.45, 7) is 0. The molecule has 0 saturated heterocycles. The fraction of sp³-hybridized carbons (Fsp3) is 0.419. The van der Waals surface area contributed by atoms with Gasteiger partial charge in [0.05, 0.1) is 15.6 Å². The smallest absolute Gasteiger partial charge is 0.335 e. The predicted molar refractivity (Wildman–Crippen MR) is 151 cm³/mol. The molecule has 0 amide bonds. The molecule has 7 nitrogen and oxygen atoms in total. The van der Waals surface area contributed by atoms with Crippen LogP contribution in [0.5, 0.6) is 0 Å². The van der Waals surface area contributed by atoms with Crippen LogP contribution in [0.4, 0.5) is 0 Å². The first-order valence-corrected chi connectivity index (χ1v) is 14.7. The number of carboxylic acid groups (broad SMARTS) is 1. The third-order valence-electron chi connectivity index (χ3n) is 9.54. The van der Waals surface area contributed by atoms with Crippen LogP contribution in [0.3, 0.4) is 0 Å². The van der Waals surface area contributed by atoms with Crippen LogP contribution < -0.4 is 0 Å². The second kappa shape index (κ2) is 9.74. The maximum absolute atomic E-state index is 11.2. The number of hydrogen-bond donors (Lipinski definition) is 1. The fourth-order valence-corrected chi connectivity index (χ4v) is 7.39. The summed E-state index contributed by atoms with van der Waals surface area (Å²) >= 11 is 13.1. The van der Waals surface area contributed by atoms with Gasteiger partial charge in [-0.1, -0.05) is 51.7 Å². The standard InChI is InChI=1S/C31H29Cl2N3O4/c32-22-2-1-3-23(33)24(22)25-21(26(39-35-25)18-4-5-18)10-11-30-12-15-31(16-13-30,17-14-30)29-34-27(36-40-29)19-6-8-20(9-7-19)28(37)38/h1-3,6-9,18H,4-5,10-17H2,(H,37,38). The van der Waals surface area contributed by atoms with Gasteiger partial charge in [-0.2, -0.15) is 4.98 Å². The highest BCUT2D eigenvalue weighted by Crippen LogP contribution is 2.59. The van der Waals surface area contributed by atoms with E-state index in [1.165, 1.54) is 5.56 Å². The van der Waals surface area contributed by atoms with E-state index in [9.17, 15) is 4.79 Å². The Hall–Kier alpha value is -3.16. The van der Waals surface area contributed by atoms with E-state index >= 15 is 0 Å². The minimum Gasteiger partial charge on any atom is -0.478 e. The van der Waals surface area contributed by atoms with Gasteiger partial charge < -0.3 is 14.2 Å². The van der Waals surface area contributed by atoms with Crippen molar-refractivity contribution in [2.24, 2.45) is 5.41 Å². The van der Waals surface area contributed by atoms with Crippen molar-refractivity contribution in [2.45, 2.75) is 75.5 Å². The van der Waals surface area contributed by atoms with Crippen molar-refractivity contribution < 1.29 is 18.9 Å². The van der Waals surface area contributed by atoms with Gasteiger partial charge in [0.15, 0.2) is 0 Å². The summed E-state index contributed by atoms with van der Waals surface area (Å²) in [5.41, 5.74) is 3.92. The van der Waals surface area contributed by atoms with Crippen molar-refractivity contribution in [3.8, 4) is 22.6 Å². The molecule has 2 heterocycles. The molecule has 1 N–H and O–H groups in total. The molecule has 40 heavy (non-hydrogen) atoms. The molecular weight excluding hydrogens is 549 g/mol. The Kier molecular flexibility index (Phi) is 6.28. The molecule has 9 heteroatoms. The summed E-state index contributed by atoms with van der Waals surface area (Å²) in [6.07, 6.45) is 10.7. The monoisotopic (exact) mass is 577 g/mol. The molecule has 4 aromatic rings. The van der Waals surface area contributed by atoms with E-state index in [4.69, 9.17) is 42.3 Å². The molecule has 0 unspecified atom stereocenters. The Labute approximate surface area is 241 Å². The topological polar surface area (TPSA) is 102 Å². The number of aromatic carboxylic acids is 1. The summed E-state index contributed by atoms with van der Waals surface area (Å²) in [6, 6.07) is 12.2. The zero-order valence-electron chi connectivity index (χ0n) is 22.0. The SMILES string of the molecule is O=C(O)c1ccc(-c2noc(C34CCC(CCc5c(-c6c(Cl)cccc6Cl)noc5C5CC5)(CC3)CC4)n2)cc1. The third kappa shape index (κ3) is 4.44. The van der Waals surface area contributed by atoms with Gasteiger partial charge in [0.2, 0.25) is 11.7 Å². The minimum atomic E-state index is -0.955. The molecule has 0 aliphatic heterocycles. The molecule has 2 aromatic carbocycles. The summed E-state index contributed by atoms with van der Waals surface area (Å²) in [4.78, 5) is 16.0. The van der Waals surface area contributed by atoms with Gasteiger partial charge >= 0.3 is 5.97 Å². The van der Waals surface area contributed by atoms with E-state index in [0.29, 0.717) is 27.7 Å². The second-order valence-electron chi connectivity index (χ2n) is 11.8. The zero-order valence-corrected chi connectivity index (χ0v) is 23.5. The van der Waals surface area contributed by atoms with E-state index in [-0.39, 0.29) is 16.4 Å². The molecule has 2 bridgehead atoms. The van der Waals surface area contributed by atoms with Crippen molar-refractivity contribution in [3.63, 3.8) is 0 Å². The summed E-state index contributed by atoms with van der Waals surface area (Å²) in [7, 11) is 0. The van der Waals surface area contributed by atoms with Crippen molar-refractivity contribution in [2.75, 3.05) is 0 Å². The van der Waals surface area contributed by atoms with Crippen molar-refractivity contribution >= 4 is 29.2 Å².